The van der Waals surface area contributed by atoms with Crippen LogP contribution < -0.4 is 0 Å². The second-order valence-corrected chi connectivity index (χ2v) is 6.17. The van der Waals surface area contributed by atoms with E-state index in [1.165, 1.54) is 0 Å². The molecule has 0 aliphatic carbocycles. The molecule has 1 aromatic carbocycles. The number of imidazole rings is 1. The number of benzene rings is 1. The van der Waals surface area contributed by atoms with Gasteiger partial charge in [-0.15, -0.1) is 0 Å². The number of carbonyl (C=O) groups is 1. The van der Waals surface area contributed by atoms with Gasteiger partial charge in [0.1, 0.15) is 0 Å². The van der Waals surface area contributed by atoms with Gasteiger partial charge in [-0.25, -0.2) is 4.98 Å². The van der Waals surface area contributed by atoms with E-state index in [1.807, 2.05) is 34.6 Å². The molecule has 126 valence electrons. The molecule has 1 aromatic heterocycles. The van der Waals surface area contributed by atoms with E-state index in [2.05, 4.69) is 18.8 Å². The molecule has 0 saturated heterocycles. The number of aromatic nitrogens is 2. The Morgan fingerprint density at radius 3 is 2.39 bits per heavy atom. The van der Waals surface area contributed by atoms with Crippen LogP contribution in [0.5, 0.6) is 0 Å². The summed E-state index contributed by atoms with van der Waals surface area (Å²) in [7, 11) is 0. The largest absolute Gasteiger partial charge is 0.339 e. The van der Waals surface area contributed by atoms with Gasteiger partial charge in [0.2, 0.25) is 5.28 Å². The fourth-order valence-corrected chi connectivity index (χ4v) is 3.03. The van der Waals surface area contributed by atoms with Crippen molar-refractivity contribution in [1.82, 2.24) is 14.5 Å². The second-order valence-electron chi connectivity index (χ2n) is 5.83. The topological polar surface area (TPSA) is 38.1 Å². The number of nitrogens with zero attached hydrogens (tertiary/aromatic N) is 3. The van der Waals surface area contributed by atoms with Crippen LogP contribution in [0.2, 0.25) is 5.28 Å². The van der Waals surface area contributed by atoms with Crippen LogP contribution in [-0.2, 0) is 6.54 Å². The minimum Gasteiger partial charge on any atom is -0.339 e. The third-order valence-corrected chi connectivity index (χ3v) is 4.40. The summed E-state index contributed by atoms with van der Waals surface area (Å²) in [5.41, 5.74) is 2.46. The van der Waals surface area contributed by atoms with E-state index in [-0.39, 0.29) is 5.91 Å². The number of hydrogen-bond donors (Lipinski definition) is 0. The molecule has 2 aromatic rings. The number of halogens is 1. The first-order chi connectivity index (χ1) is 11.1. The highest BCUT2D eigenvalue weighted by molar-refractivity contribution is 6.29. The highest BCUT2D eigenvalue weighted by Gasteiger charge is 2.17. The fourth-order valence-electron chi connectivity index (χ4n) is 2.73. The van der Waals surface area contributed by atoms with Crippen LogP contribution in [-0.4, -0.2) is 33.4 Å². The number of unbranched alkanes of at least 4 members (excludes halogenated alkanes) is 2. The van der Waals surface area contributed by atoms with Gasteiger partial charge in [-0.3, -0.25) is 4.79 Å². The lowest BCUT2D eigenvalue weighted by molar-refractivity contribution is 0.0751. The summed E-state index contributed by atoms with van der Waals surface area (Å²) in [6, 6.07) is 5.70. The molecule has 0 atom stereocenters. The Morgan fingerprint density at radius 2 is 1.83 bits per heavy atom. The smallest absolute Gasteiger partial charge is 0.253 e. The predicted octanol–water partition coefficient (Wildman–Crippen LogP) is 4.75. The number of carbonyl (C=O) groups excluding carboxylic acids is 1. The lowest BCUT2D eigenvalue weighted by Crippen LogP contribution is -2.32. The SMILES string of the molecule is CCCCN(CCCC)C(=O)c1ccc2c(c1)nc(Cl)n2CC. The molecule has 0 aliphatic rings. The van der Waals surface area contributed by atoms with E-state index in [4.69, 9.17) is 11.6 Å². The van der Waals surface area contributed by atoms with Crippen LogP contribution in [0.15, 0.2) is 18.2 Å². The Kier molecular flexibility index (Phi) is 6.46. The molecule has 0 fully saturated rings. The van der Waals surface area contributed by atoms with Crippen LogP contribution in [0.4, 0.5) is 0 Å². The number of aryl methyl sites for hydroxylation is 1. The molecule has 0 aliphatic heterocycles. The summed E-state index contributed by atoms with van der Waals surface area (Å²) in [6.45, 7) is 8.72. The van der Waals surface area contributed by atoms with E-state index >= 15 is 0 Å². The molecule has 0 spiro atoms. The molecule has 0 N–H and O–H groups in total. The molecule has 1 heterocycles. The number of fused-ring (bicyclic) bond motifs is 1. The molecule has 1 amide bonds. The van der Waals surface area contributed by atoms with Crippen LogP contribution in [0.1, 0.15) is 56.8 Å². The first-order valence-electron chi connectivity index (χ1n) is 8.57. The van der Waals surface area contributed by atoms with Gasteiger partial charge in [0, 0.05) is 25.2 Å². The molecule has 23 heavy (non-hydrogen) atoms. The van der Waals surface area contributed by atoms with E-state index < -0.39 is 0 Å². The first-order valence-corrected chi connectivity index (χ1v) is 8.95. The summed E-state index contributed by atoms with van der Waals surface area (Å²) in [6.07, 6.45) is 4.25. The monoisotopic (exact) mass is 335 g/mol. The van der Waals surface area contributed by atoms with Crippen LogP contribution >= 0.6 is 11.6 Å². The average Bonchev–Trinajstić information content (AvgIpc) is 2.88. The first kappa shape index (κ1) is 17.8. The summed E-state index contributed by atoms with van der Waals surface area (Å²) < 4.78 is 1.94. The highest BCUT2D eigenvalue weighted by atomic mass is 35.5. The minimum atomic E-state index is 0.0935. The van der Waals surface area contributed by atoms with Gasteiger partial charge in [-0.05, 0) is 49.6 Å². The van der Waals surface area contributed by atoms with E-state index in [9.17, 15) is 4.79 Å². The van der Waals surface area contributed by atoms with Crippen LogP contribution in [0.3, 0.4) is 0 Å². The number of hydrogen-bond acceptors (Lipinski definition) is 2. The van der Waals surface area contributed by atoms with Crippen molar-refractivity contribution in [1.29, 1.82) is 0 Å². The lowest BCUT2D eigenvalue weighted by Gasteiger charge is -2.22. The molecular formula is C18H26ClN3O. The molecule has 2 rings (SSSR count). The Hall–Kier alpha value is -1.55. The van der Waals surface area contributed by atoms with Crippen LogP contribution in [0, 0.1) is 0 Å². The molecule has 5 heteroatoms. The molecule has 4 nitrogen and oxygen atoms in total. The molecule has 0 unspecified atom stereocenters. The second kappa shape index (κ2) is 8.34. The van der Waals surface area contributed by atoms with Gasteiger partial charge in [0.25, 0.3) is 5.91 Å². The highest BCUT2D eigenvalue weighted by Crippen LogP contribution is 2.22. The van der Waals surface area contributed by atoms with Crippen molar-refractivity contribution >= 4 is 28.5 Å². The fraction of sp³-hybridized carbons (Fsp3) is 0.556. The van der Waals surface area contributed by atoms with E-state index in [1.54, 1.807) is 0 Å². The maximum Gasteiger partial charge on any atom is 0.253 e. The quantitative estimate of drug-likeness (QED) is 0.698. The zero-order chi connectivity index (χ0) is 16.8. The summed E-state index contributed by atoms with van der Waals surface area (Å²) in [5, 5.41) is 0.473. The van der Waals surface area contributed by atoms with Crippen molar-refractivity contribution < 1.29 is 4.79 Å². The number of amides is 1. The van der Waals surface area contributed by atoms with Crippen molar-refractivity contribution in [3.05, 3.63) is 29.0 Å². The summed E-state index contributed by atoms with van der Waals surface area (Å²) in [4.78, 5) is 19.2. The van der Waals surface area contributed by atoms with E-state index in [0.717, 1.165) is 56.4 Å². The Bertz CT molecular complexity index is 658. The zero-order valence-corrected chi connectivity index (χ0v) is 15.1. The standard InChI is InChI=1S/C18H26ClN3O/c1-4-7-11-21(12-8-5-2)17(23)14-9-10-16-15(13-14)20-18(19)22(16)6-3/h9-10,13H,4-8,11-12H2,1-3H3. The molecule has 0 radical (unpaired) electrons. The lowest BCUT2D eigenvalue weighted by atomic mass is 10.1. The maximum atomic E-state index is 12.8. The molecule has 0 bridgehead atoms. The Labute approximate surface area is 143 Å². The average molecular weight is 336 g/mol. The van der Waals surface area contributed by atoms with Crippen molar-refractivity contribution in [3.63, 3.8) is 0 Å². The van der Waals surface area contributed by atoms with Crippen molar-refractivity contribution in [2.24, 2.45) is 0 Å². The summed E-state index contributed by atoms with van der Waals surface area (Å²) in [5.74, 6) is 0.0935. The molecule has 0 saturated carbocycles. The van der Waals surface area contributed by atoms with Crippen molar-refractivity contribution in [2.75, 3.05) is 13.1 Å². The van der Waals surface area contributed by atoms with Gasteiger partial charge < -0.3 is 9.47 Å². The Balaban J connectivity index is 2.27. The Morgan fingerprint density at radius 1 is 1.17 bits per heavy atom. The van der Waals surface area contributed by atoms with Crippen molar-refractivity contribution in [2.45, 2.75) is 53.0 Å². The third kappa shape index (κ3) is 4.05. The van der Waals surface area contributed by atoms with Crippen molar-refractivity contribution in [3.8, 4) is 0 Å². The van der Waals surface area contributed by atoms with Gasteiger partial charge in [-0.2, -0.15) is 0 Å². The molecular weight excluding hydrogens is 310 g/mol. The van der Waals surface area contributed by atoms with E-state index in [0.29, 0.717) is 10.8 Å². The predicted molar refractivity (Wildman–Crippen MR) is 96.1 cm³/mol. The third-order valence-electron chi connectivity index (χ3n) is 4.12. The summed E-state index contributed by atoms with van der Waals surface area (Å²) >= 11 is 6.16. The number of rotatable bonds is 8. The minimum absolute atomic E-state index is 0.0935. The maximum absolute atomic E-state index is 12.8. The van der Waals surface area contributed by atoms with Gasteiger partial charge in [0.15, 0.2) is 0 Å². The van der Waals surface area contributed by atoms with Gasteiger partial charge in [-0.1, -0.05) is 26.7 Å². The zero-order valence-electron chi connectivity index (χ0n) is 14.3. The van der Waals surface area contributed by atoms with Gasteiger partial charge in [0.05, 0.1) is 11.0 Å². The van der Waals surface area contributed by atoms with Crippen LogP contribution in [0.25, 0.3) is 11.0 Å². The normalized spacial score (nSPS) is 11.1. The van der Waals surface area contributed by atoms with Gasteiger partial charge >= 0.3 is 0 Å².